The van der Waals surface area contributed by atoms with E-state index in [1.54, 1.807) is 6.08 Å². The fourth-order valence-electron chi connectivity index (χ4n) is 3.46. The fourth-order valence-corrected chi connectivity index (χ4v) is 3.46. The summed E-state index contributed by atoms with van der Waals surface area (Å²) in [6, 6.07) is 0.0925. The van der Waals surface area contributed by atoms with Crippen molar-refractivity contribution in [2.45, 2.75) is 70.4 Å². The largest absolute Gasteiger partial charge is 0.459 e. The summed E-state index contributed by atoms with van der Waals surface area (Å²) in [5.74, 6) is 1.16. The molecule has 3 aliphatic rings. The Morgan fingerprint density at radius 2 is 1.61 bits per heavy atom. The van der Waals surface area contributed by atoms with E-state index in [4.69, 9.17) is 4.74 Å². The van der Waals surface area contributed by atoms with Gasteiger partial charge in [0.15, 0.2) is 0 Å². The van der Waals surface area contributed by atoms with Gasteiger partial charge in [-0.05, 0) is 70.1 Å². The average molecular weight is 320 g/mol. The average Bonchev–Trinajstić information content (AvgIpc) is 3.39. The van der Waals surface area contributed by atoms with E-state index in [0.29, 0.717) is 18.4 Å². The van der Waals surface area contributed by atoms with Crippen molar-refractivity contribution >= 4 is 12.0 Å². The lowest BCUT2D eigenvalue weighted by Gasteiger charge is -2.28. The molecule has 3 saturated carbocycles. The quantitative estimate of drug-likeness (QED) is 0.584. The van der Waals surface area contributed by atoms with Gasteiger partial charge < -0.3 is 15.4 Å². The van der Waals surface area contributed by atoms with Crippen LogP contribution < -0.4 is 10.6 Å². The molecule has 0 bridgehead atoms. The van der Waals surface area contributed by atoms with E-state index in [1.165, 1.54) is 31.3 Å². The highest BCUT2D eigenvalue weighted by atomic mass is 16.5. The Hall–Kier alpha value is -1.52. The number of urea groups is 1. The third kappa shape index (κ3) is 4.98. The van der Waals surface area contributed by atoms with Gasteiger partial charge >= 0.3 is 12.0 Å². The van der Waals surface area contributed by atoms with Gasteiger partial charge in [0.1, 0.15) is 6.10 Å². The zero-order valence-electron chi connectivity index (χ0n) is 14.0. The number of hydrogen-bond acceptors (Lipinski definition) is 3. The molecule has 0 heterocycles. The molecule has 0 aromatic rings. The highest BCUT2D eigenvalue weighted by molar-refractivity contribution is 5.83. The number of carbonyl (C=O) groups is 2. The molecule has 0 radical (unpaired) electrons. The number of hydrogen-bond donors (Lipinski definition) is 2. The minimum Gasteiger partial charge on any atom is -0.459 e. The zero-order chi connectivity index (χ0) is 16.2. The maximum absolute atomic E-state index is 12.2. The van der Waals surface area contributed by atoms with E-state index in [1.807, 2.05) is 6.92 Å². The lowest BCUT2D eigenvalue weighted by molar-refractivity contribution is -0.144. The molecule has 0 aliphatic heterocycles. The fraction of sp³-hybridized carbons (Fsp3) is 0.778. The standard InChI is InChI=1S/C18H28N2O3/c1-2-19-18(22)20-14-7-9-15(10-8-14)23-17(21)11-16(12-3-4-12)13-5-6-13/h11-15H,2-10H2,1H3,(H2,19,20,22). The summed E-state index contributed by atoms with van der Waals surface area (Å²) in [7, 11) is 0. The Balaban J connectivity index is 1.40. The molecule has 3 aliphatic carbocycles. The van der Waals surface area contributed by atoms with Crippen molar-refractivity contribution in [3.63, 3.8) is 0 Å². The summed E-state index contributed by atoms with van der Waals surface area (Å²) in [5.41, 5.74) is 1.35. The minimum atomic E-state index is -0.154. The number of ether oxygens (including phenoxy) is 1. The topological polar surface area (TPSA) is 67.4 Å². The molecule has 0 aromatic heterocycles. The smallest absolute Gasteiger partial charge is 0.330 e. The third-order valence-electron chi connectivity index (χ3n) is 5.01. The number of nitrogens with one attached hydrogen (secondary N) is 2. The van der Waals surface area contributed by atoms with Crippen LogP contribution in [-0.4, -0.2) is 30.7 Å². The van der Waals surface area contributed by atoms with Crippen molar-refractivity contribution < 1.29 is 14.3 Å². The number of carbonyl (C=O) groups excluding carboxylic acids is 2. The van der Waals surface area contributed by atoms with Crippen LogP contribution >= 0.6 is 0 Å². The lowest BCUT2D eigenvalue weighted by atomic mass is 9.93. The van der Waals surface area contributed by atoms with E-state index in [9.17, 15) is 9.59 Å². The summed E-state index contributed by atoms with van der Waals surface area (Å²) < 4.78 is 5.63. The second-order valence-electron chi connectivity index (χ2n) is 7.11. The van der Waals surface area contributed by atoms with Gasteiger partial charge in [-0.2, -0.15) is 0 Å². The van der Waals surface area contributed by atoms with Gasteiger partial charge in [-0.1, -0.05) is 5.57 Å². The van der Waals surface area contributed by atoms with Gasteiger partial charge in [-0.15, -0.1) is 0 Å². The second kappa shape index (κ2) is 7.37. The van der Waals surface area contributed by atoms with Crippen molar-refractivity contribution in [1.29, 1.82) is 0 Å². The normalized spacial score (nSPS) is 27.0. The monoisotopic (exact) mass is 320 g/mol. The van der Waals surface area contributed by atoms with Crippen molar-refractivity contribution in [3.05, 3.63) is 11.6 Å². The van der Waals surface area contributed by atoms with Crippen LogP contribution in [0.2, 0.25) is 0 Å². The summed E-state index contributed by atoms with van der Waals surface area (Å²) >= 11 is 0. The number of esters is 1. The van der Waals surface area contributed by atoms with E-state index in [2.05, 4.69) is 10.6 Å². The molecule has 2 N–H and O–H groups in total. The van der Waals surface area contributed by atoms with Crippen LogP contribution in [0.15, 0.2) is 11.6 Å². The first kappa shape index (κ1) is 16.3. The van der Waals surface area contributed by atoms with Crippen molar-refractivity contribution in [2.75, 3.05) is 6.54 Å². The molecule has 0 spiro atoms. The molecule has 23 heavy (non-hydrogen) atoms. The molecule has 5 nitrogen and oxygen atoms in total. The van der Waals surface area contributed by atoms with Gasteiger partial charge in [-0.25, -0.2) is 9.59 Å². The van der Waals surface area contributed by atoms with Gasteiger partial charge in [0.2, 0.25) is 0 Å². The van der Waals surface area contributed by atoms with Gasteiger partial charge in [0, 0.05) is 18.7 Å². The SMILES string of the molecule is CCNC(=O)NC1CCC(OC(=O)C=C(C2CC2)C2CC2)CC1. The van der Waals surface area contributed by atoms with Gasteiger partial charge in [-0.3, -0.25) is 0 Å². The predicted octanol–water partition coefficient (Wildman–Crippen LogP) is 2.91. The molecule has 0 saturated heterocycles. The van der Waals surface area contributed by atoms with Crippen molar-refractivity contribution in [3.8, 4) is 0 Å². The number of allylic oxidation sites excluding steroid dienone is 1. The minimum absolute atomic E-state index is 0.00527. The summed E-state index contributed by atoms with van der Waals surface area (Å²) in [6.07, 6.45) is 10.2. The molecule has 0 atom stereocenters. The van der Waals surface area contributed by atoms with Crippen LogP contribution in [0.5, 0.6) is 0 Å². The summed E-state index contributed by atoms with van der Waals surface area (Å²) in [4.78, 5) is 23.7. The molecule has 0 unspecified atom stereocenters. The van der Waals surface area contributed by atoms with E-state index in [-0.39, 0.29) is 24.1 Å². The van der Waals surface area contributed by atoms with E-state index < -0.39 is 0 Å². The van der Waals surface area contributed by atoms with Crippen LogP contribution in [0.3, 0.4) is 0 Å². The summed E-state index contributed by atoms with van der Waals surface area (Å²) in [5, 5.41) is 5.72. The number of rotatable bonds is 6. The van der Waals surface area contributed by atoms with Crippen LogP contribution in [0.25, 0.3) is 0 Å². The van der Waals surface area contributed by atoms with Crippen molar-refractivity contribution in [2.24, 2.45) is 11.8 Å². The van der Waals surface area contributed by atoms with Crippen LogP contribution in [0, 0.1) is 11.8 Å². The molecule has 128 valence electrons. The highest BCUT2D eigenvalue weighted by Gasteiger charge is 2.37. The first-order valence-electron chi connectivity index (χ1n) is 9.12. The Labute approximate surface area is 138 Å². The lowest BCUT2D eigenvalue weighted by Crippen LogP contribution is -2.44. The Kier molecular flexibility index (Phi) is 5.23. The first-order chi connectivity index (χ1) is 11.2. The molecule has 3 fully saturated rings. The second-order valence-corrected chi connectivity index (χ2v) is 7.11. The maximum atomic E-state index is 12.2. The number of amides is 2. The Morgan fingerprint density at radius 3 is 2.13 bits per heavy atom. The third-order valence-corrected chi connectivity index (χ3v) is 5.01. The molecule has 3 rings (SSSR count). The van der Waals surface area contributed by atoms with Gasteiger partial charge in [0.25, 0.3) is 0 Å². The maximum Gasteiger partial charge on any atom is 0.330 e. The van der Waals surface area contributed by atoms with Crippen LogP contribution in [-0.2, 0) is 9.53 Å². The van der Waals surface area contributed by atoms with Gasteiger partial charge in [0.05, 0.1) is 0 Å². The molecule has 0 aromatic carbocycles. The highest BCUT2D eigenvalue weighted by Crippen LogP contribution is 2.48. The van der Waals surface area contributed by atoms with Crippen LogP contribution in [0.1, 0.15) is 58.3 Å². The predicted molar refractivity (Wildman–Crippen MR) is 87.9 cm³/mol. The Morgan fingerprint density at radius 1 is 1.00 bits per heavy atom. The van der Waals surface area contributed by atoms with Crippen molar-refractivity contribution in [1.82, 2.24) is 10.6 Å². The van der Waals surface area contributed by atoms with Crippen LogP contribution in [0.4, 0.5) is 4.79 Å². The zero-order valence-corrected chi connectivity index (χ0v) is 14.0. The molecular formula is C18H28N2O3. The van der Waals surface area contributed by atoms with E-state index in [0.717, 1.165) is 25.7 Å². The molecule has 5 heteroatoms. The molecular weight excluding hydrogens is 292 g/mol. The first-order valence-corrected chi connectivity index (χ1v) is 9.12. The molecule has 2 amide bonds. The van der Waals surface area contributed by atoms with E-state index >= 15 is 0 Å². The summed E-state index contributed by atoms with van der Waals surface area (Å²) in [6.45, 7) is 2.54. The Bertz CT molecular complexity index is 459.